The summed E-state index contributed by atoms with van der Waals surface area (Å²) in [4.78, 5) is 33.4. The highest BCUT2D eigenvalue weighted by molar-refractivity contribution is 6.45. The molecule has 0 spiro atoms. The first-order valence-corrected chi connectivity index (χ1v) is 7.02. The van der Waals surface area contributed by atoms with Crippen LogP contribution in [0.15, 0.2) is 36.4 Å². The van der Waals surface area contributed by atoms with E-state index >= 15 is 0 Å². The molecule has 118 valence electrons. The van der Waals surface area contributed by atoms with E-state index in [1.54, 1.807) is 0 Å². The molecule has 6 nitrogen and oxygen atoms in total. The molecule has 0 aliphatic heterocycles. The van der Waals surface area contributed by atoms with E-state index in [1.165, 1.54) is 43.3 Å². The lowest BCUT2D eigenvalue weighted by Gasteiger charge is -2.09. The van der Waals surface area contributed by atoms with Crippen LogP contribution < -0.4 is 4.74 Å². The molecule has 23 heavy (non-hydrogen) atoms. The Bertz CT molecular complexity index is 802. The van der Waals surface area contributed by atoms with Crippen molar-refractivity contribution in [2.75, 3.05) is 0 Å². The number of nitrogens with zero attached hydrogens (tertiary/aromatic N) is 1. The molecule has 0 N–H and O–H groups in total. The molecule has 0 heterocycles. The number of esters is 1. The minimum Gasteiger partial charge on any atom is -0.425 e. The summed E-state index contributed by atoms with van der Waals surface area (Å²) >= 11 is 12.0. The Morgan fingerprint density at radius 1 is 1.04 bits per heavy atom. The lowest BCUT2D eigenvalue weighted by atomic mass is 10.0. The van der Waals surface area contributed by atoms with E-state index in [1.807, 2.05) is 0 Å². The van der Waals surface area contributed by atoms with E-state index in [9.17, 15) is 19.7 Å². The van der Waals surface area contributed by atoms with Crippen LogP contribution in [0.4, 0.5) is 5.69 Å². The van der Waals surface area contributed by atoms with Crippen molar-refractivity contribution in [1.82, 2.24) is 0 Å². The monoisotopic (exact) mass is 353 g/mol. The second kappa shape index (κ2) is 6.76. The Labute approximate surface area is 140 Å². The van der Waals surface area contributed by atoms with Crippen molar-refractivity contribution in [2.24, 2.45) is 0 Å². The van der Waals surface area contributed by atoms with Crippen LogP contribution in [0.2, 0.25) is 10.0 Å². The van der Waals surface area contributed by atoms with Gasteiger partial charge in [-0.25, -0.2) is 0 Å². The molecule has 0 fully saturated rings. The molecular weight excluding hydrogens is 345 g/mol. The van der Waals surface area contributed by atoms with Gasteiger partial charge in [0.05, 0.1) is 9.95 Å². The first-order chi connectivity index (χ1) is 10.8. The number of carbonyl (C=O) groups is 2. The number of nitro groups is 1. The third-order valence-corrected chi connectivity index (χ3v) is 3.75. The Morgan fingerprint density at radius 3 is 2.17 bits per heavy atom. The summed E-state index contributed by atoms with van der Waals surface area (Å²) in [5.41, 5.74) is 0.186. The number of rotatable bonds is 4. The highest BCUT2D eigenvalue weighted by Gasteiger charge is 2.19. The van der Waals surface area contributed by atoms with Gasteiger partial charge in [0, 0.05) is 30.2 Å². The summed E-state index contributed by atoms with van der Waals surface area (Å²) < 4.78 is 4.87. The van der Waals surface area contributed by atoms with E-state index in [2.05, 4.69) is 0 Å². The maximum Gasteiger partial charge on any atom is 0.308 e. The summed E-state index contributed by atoms with van der Waals surface area (Å²) in [6, 6.07) is 7.81. The molecule has 0 saturated carbocycles. The quantitative estimate of drug-likeness (QED) is 0.272. The fraction of sp³-hybridized carbons (Fsp3) is 0.0667. The molecule has 8 heteroatoms. The van der Waals surface area contributed by atoms with Crippen LogP contribution >= 0.6 is 23.2 Å². The van der Waals surface area contributed by atoms with Gasteiger partial charge in [0.25, 0.3) is 5.69 Å². The number of hydrogen-bond donors (Lipinski definition) is 0. The fourth-order valence-electron chi connectivity index (χ4n) is 1.83. The lowest BCUT2D eigenvalue weighted by molar-refractivity contribution is -0.384. The van der Waals surface area contributed by atoms with Gasteiger partial charge < -0.3 is 4.74 Å². The molecular formula is C15H9Cl2NO5. The molecule has 0 unspecified atom stereocenters. The Morgan fingerprint density at radius 2 is 1.65 bits per heavy atom. The topological polar surface area (TPSA) is 86.5 Å². The number of ketones is 1. The molecule has 0 aliphatic carbocycles. The maximum atomic E-state index is 12.4. The third-order valence-electron chi connectivity index (χ3n) is 2.89. The van der Waals surface area contributed by atoms with Crippen LogP contribution in [0.1, 0.15) is 22.8 Å². The van der Waals surface area contributed by atoms with Gasteiger partial charge in [-0.15, -0.1) is 0 Å². The average molecular weight is 354 g/mol. The lowest BCUT2D eigenvalue weighted by Crippen LogP contribution is -2.06. The molecule has 0 saturated heterocycles. The predicted octanol–water partition coefficient (Wildman–Crippen LogP) is 4.06. The number of benzene rings is 2. The van der Waals surface area contributed by atoms with Crippen molar-refractivity contribution < 1.29 is 19.2 Å². The highest BCUT2D eigenvalue weighted by atomic mass is 35.5. The fourth-order valence-corrected chi connectivity index (χ4v) is 2.28. The highest BCUT2D eigenvalue weighted by Crippen LogP contribution is 2.35. The predicted molar refractivity (Wildman–Crippen MR) is 84.3 cm³/mol. The van der Waals surface area contributed by atoms with Gasteiger partial charge in [-0.3, -0.25) is 19.7 Å². The van der Waals surface area contributed by atoms with Gasteiger partial charge in [0.1, 0.15) is 5.02 Å². The normalized spacial score (nSPS) is 10.2. The van der Waals surface area contributed by atoms with Crippen molar-refractivity contribution in [1.29, 1.82) is 0 Å². The minimum absolute atomic E-state index is 0.0458. The van der Waals surface area contributed by atoms with Crippen LogP contribution in [0, 0.1) is 10.1 Å². The second-order valence-electron chi connectivity index (χ2n) is 4.47. The van der Waals surface area contributed by atoms with Crippen LogP contribution in [0.25, 0.3) is 0 Å². The summed E-state index contributed by atoms with van der Waals surface area (Å²) in [5, 5.41) is 10.5. The van der Waals surface area contributed by atoms with Gasteiger partial charge in [0.15, 0.2) is 11.5 Å². The third kappa shape index (κ3) is 3.67. The zero-order chi connectivity index (χ0) is 17.1. The van der Waals surface area contributed by atoms with Gasteiger partial charge >= 0.3 is 5.97 Å². The summed E-state index contributed by atoms with van der Waals surface area (Å²) in [6.45, 7) is 1.21. The molecule has 2 rings (SSSR count). The zero-order valence-corrected chi connectivity index (χ0v) is 13.2. The van der Waals surface area contributed by atoms with E-state index in [0.717, 1.165) is 0 Å². The largest absolute Gasteiger partial charge is 0.425 e. The van der Waals surface area contributed by atoms with Crippen molar-refractivity contribution in [3.63, 3.8) is 0 Å². The zero-order valence-electron chi connectivity index (χ0n) is 11.7. The number of halogens is 2. The maximum absolute atomic E-state index is 12.4. The molecule has 0 amide bonds. The number of carbonyl (C=O) groups excluding carboxylic acids is 2. The van der Waals surface area contributed by atoms with E-state index in [-0.39, 0.29) is 32.6 Å². The van der Waals surface area contributed by atoms with E-state index in [4.69, 9.17) is 27.9 Å². The standard InChI is InChI=1S/C15H9Cl2NO5/c1-8(19)23-12-7-6-11(13(16)14(12)17)15(20)9-2-4-10(5-3-9)18(21)22/h2-7H,1H3. The molecule has 2 aromatic carbocycles. The van der Waals surface area contributed by atoms with Gasteiger partial charge in [-0.2, -0.15) is 0 Å². The first-order valence-electron chi connectivity index (χ1n) is 6.27. The minimum atomic E-state index is -0.572. The number of hydrogen-bond acceptors (Lipinski definition) is 5. The van der Waals surface area contributed by atoms with E-state index < -0.39 is 16.7 Å². The van der Waals surface area contributed by atoms with Crippen LogP contribution in [0.3, 0.4) is 0 Å². The molecule has 0 atom stereocenters. The second-order valence-corrected chi connectivity index (χ2v) is 5.22. The van der Waals surface area contributed by atoms with Gasteiger partial charge in [0.2, 0.25) is 0 Å². The number of nitro benzene ring substituents is 1. The van der Waals surface area contributed by atoms with Crippen molar-refractivity contribution in [3.8, 4) is 5.75 Å². The number of ether oxygens (including phenoxy) is 1. The van der Waals surface area contributed by atoms with Crippen molar-refractivity contribution in [2.45, 2.75) is 6.92 Å². The van der Waals surface area contributed by atoms with Crippen molar-refractivity contribution >= 4 is 40.6 Å². The van der Waals surface area contributed by atoms with Gasteiger partial charge in [-0.05, 0) is 24.3 Å². The van der Waals surface area contributed by atoms with Gasteiger partial charge in [-0.1, -0.05) is 23.2 Å². The van der Waals surface area contributed by atoms with Crippen LogP contribution in [0.5, 0.6) is 5.75 Å². The van der Waals surface area contributed by atoms with Crippen LogP contribution in [-0.2, 0) is 4.79 Å². The average Bonchev–Trinajstić information content (AvgIpc) is 2.51. The Balaban J connectivity index is 2.37. The SMILES string of the molecule is CC(=O)Oc1ccc(C(=O)c2ccc([N+](=O)[O-])cc2)c(Cl)c1Cl. The Kier molecular flexibility index (Phi) is 4.98. The molecule has 2 aromatic rings. The van der Waals surface area contributed by atoms with Crippen molar-refractivity contribution in [3.05, 3.63) is 67.7 Å². The summed E-state index contributed by atoms with van der Waals surface area (Å²) in [5.74, 6) is -0.983. The molecule has 0 aromatic heterocycles. The summed E-state index contributed by atoms with van der Waals surface area (Å²) in [7, 11) is 0. The van der Waals surface area contributed by atoms with E-state index in [0.29, 0.717) is 0 Å². The molecule has 0 bridgehead atoms. The number of non-ortho nitro benzene ring substituents is 1. The smallest absolute Gasteiger partial charge is 0.308 e. The molecule has 0 radical (unpaired) electrons. The Hall–Kier alpha value is -2.44. The first kappa shape index (κ1) is 16.9. The summed E-state index contributed by atoms with van der Waals surface area (Å²) in [6.07, 6.45) is 0. The molecule has 0 aliphatic rings. The van der Waals surface area contributed by atoms with Crippen LogP contribution in [-0.4, -0.2) is 16.7 Å².